The van der Waals surface area contributed by atoms with E-state index in [4.69, 9.17) is 14.2 Å². The van der Waals surface area contributed by atoms with Crippen LogP contribution < -0.4 is 14.2 Å². The number of phenolic OH excluding ortho intramolecular Hbond substituents is 6. The van der Waals surface area contributed by atoms with Crippen molar-refractivity contribution >= 4 is 0 Å². The lowest BCUT2D eigenvalue weighted by Crippen LogP contribution is -2.11. The summed E-state index contributed by atoms with van der Waals surface area (Å²) in [6.07, 6.45) is 0. The Balaban J connectivity index is 1.80. The van der Waals surface area contributed by atoms with Gasteiger partial charge in [0, 0.05) is 35.9 Å². The number of fused-ring (bicyclic) bond motifs is 2. The van der Waals surface area contributed by atoms with Gasteiger partial charge < -0.3 is 44.8 Å². The predicted octanol–water partition coefficient (Wildman–Crippen LogP) is 4.91. The Kier molecular flexibility index (Phi) is 4.35. The molecule has 0 bridgehead atoms. The minimum absolute atomic E-state index is 0.0319. The lowest BCUT2D eigenvalue weighted by Gasteiger charge is -2.25. The van der Waals surface area contributed by atoms with Crippen LogP contribution in [0.4, 0.5) is 0 Å². The molecule has 1 aliphatic rings. The van der Waals surface area contributed by atoms with Crippen molar-refractivity contribution in [1.82, 2.24) is 0 Å². The molecule has 3 aromatic rings. The Morgan fingerprint density at radius 3 is 1.87 bits per heavy atom. The molecule has 0 atom stereocenters. The number of ether oxygens (including phenoxy) is 3. The van der Waals surface area contributed by atoms with E-state index in [1.165, 1.54) is 18.2 Å². The molecule has 0 fully saturated rings. The third-order valence-electron chi connectivity index (χ3n) is 4.63. The van der Waals surface area contributed by atoms with E-state index in [-0.39, 0.29) is 51.7 Å². The van der Waals surface area contributed by atoms with Gasteiger partial charge in [-0.15, -0.1) is 0 Å². The van der Waals surface area contributed by atoms with Crippen LogP contribution in [0.1, 0.15) is 26.3 Å². The Bertz CT molecular complexity index is 1190. The summed E-state index contributed by atoms with van der Waals surface area (Å²) in [5, 5.41) is 61.0. The first-order valence-electron chi connectivity index (χ1n) is 9.20. The van der Waals surface area contributed by atoms with Gasteiger partial charge in [0.05, 0.1) is 0 Å². The average Bonchev–Trinajstić information content (AvgIpc) is 2.62. The van der Waals surface area contributed by atoms with Gasteiger partial charge in [-0.25, -0.2) is 0 Å². The van der Waals surface area contributed by atoms with Gasteiger partial charge in [0.1, 0.15) is 23.0 Å². The van der Waals surface area contributed by atoms with Crippen LogP contribution in [-0.4, -0.2) is 30.6 Å². The molecular formula is C22H20O9. The van der Waals surface area contributed by atoms with E-state index in [2.05, 4.69) is 0 Å². The molecule has 0 saturated heterocycles. The van der Waals surface area contributed by atoms with Gasteiger partial charge in [0.2, 0.25) is 23.0 Å². The molecule has 162 valence electrons. The Hall–Kier alpha value is -4.14. The highest BCUT2D eigenvalue weighted by Crippen LogP contribution is 2.60. The van der Waals surface area contributed by atoms with Crippen LogP contribution in [0.2, 0.25) is 0 Å². The number of phenols is 6. The quantitative estimate of drug-likeness (QED) is 0.262. The second-order valence-corrected chi connectivity index (χ2v) is 8.09. The molecule has 0 unspecified atom stereocenters. The van der Waals surface area contributed by atoms with Crippen LogP contribution >= 0.6 is 0 Å². The summed E-state index contributed by atoms with van der Waals surface area (Å²) in [5.41, 5.74) is -0.230. The molecule has 9 heteroatoms. The van der Waals surface area contributed by atoms with Gasteiger partial charge in [-0.1, -0.05) is 20.8 Å². The van der Waals surface area contributed by atoms with Gasteiger partial charge >= 0.3 is 0 Å². The first kappa shape index (κ1) is 20.1. The van der Waals surface area contributed by atoms with Gasteiger partial charge in [0.25, 0.3) is 0 Å². The molecule has 1 aliphatic heterocycles. The molecule has 6 N–H and O–H groups in total. The lowest BCUT2D eigenvalue weighted by molar-refractivity contribution is 0.299. The fourth-order valence-corrected chi connectivity index (χ4v) is 3.38. The van der Waals surface area contributed by atoms with E-state index >= 15 is 0 Å². The smallest absolute Gasteiger partial charge is 0.220 e. The summed E-state index contributed by atoms with van der Waals surface area (Å²) in [6, 6.07) is 5.66. The molecule has 0 aliphatic carbocycles. The second kappa shape index (κ2) is 6.69. The summed E-state index contributed by atoms with van der Waals surface area (Å²) >= 11 is 0. The standard InChI is InChI=1S/C22H20O9/c1-22(2,3)17-11(24)6-10(7-12(17)25)29-19-14(27)8-15(28)20-21(19)31-18-13(26)4-9(23)5-16(18)30-20/h4-8,23-28H,1-3H3. The van der Waals surface area contributed by atoms with E-state index in [1.807, 2.05) is 20.8 Å². The van der Waals surface area contributed by atoms with Crippen LogP contribution in [0, 0.1) is 0 Å². The van der Waals surface area contributed by atoms with Crippen molar-refractivity contribution < 1.29 is 44.8 Å². The van der Waals surface area contributed by atoms with Crippen molar-refractivity contribution in [3.63, 3.8) is 0 Å². The highest BCUT2D eigenvalue weighted by atomic mass is 16.6. The zero-order chi connectivity index (χ0) is 22.7. The first-order chi connectivity index (χ1) is 14.5. The number of aromatic hydroxyl groups is 6. The van der Waals surface area contributed by atoms with E-state index in [1.54, 1.807) is 0 Å². The molecule has 31 heavy (non-hydrogen) atoms. The monoisotopic (exact) mass is 428 g/mol. The van der Waals surface area contributed by atoms with Crippen molar-refractivity contribution in [2.24, 2.45) is 0 Å². The first-order valence-corrected chi connectivity index (χ1v) is 9.20. The van der Waals surface area contributed by atoms with Crippen LogP contribution in [-0.2, 0) is 5.41 Å². The number of hydrogen-bond donors (Lipinski definition) is 6. The van der Waals surface area contributed by atoms with Gasteiger partial charge in [-0.05, 0) is 5.41 Å². The molecule has 0 saturated carbocycles. The normalized spacial score (nSPS) is 12.4. The molecule has 9 nitrogen and oxygen atoms in total. The van der Waals surface area contributed by atoms with Crippen molar-refractivity contribution in [1.29, 1.82) is 0 Å². The fourth-order valence-electron chi connectivity index (χ4n) is 3.38. The molecule has 0 amide bonds. The van der Waals surface area contributed by atoms with Crippen LogP contribution in [0.5, 0.6) is 69.0 Å². The van der Waals surface area contributed by atoms with Crippen LogP contribution in [0.25, 0.3) is 0 Å². The summed E-state index contributed by atoms with van der Waals surface area (Å²) in [5.74, 6) is -3.24. The van der Waals surface area contributed by atoms with Crippen molar-refractivity contribution in [3.05, 3.63) is 35.9 Å². The minimum Gasteiger partial charge on any atom is -0.508 e. The Labute approximate surface area is 176 Å². The summed E-state index contributed by atoms with van der Waals surface area (Å²) in [6.45, 7) is 5.45. The largest absolute Gasteiger partial charge is 0.508 e. The highest BCUT2D eigenvalue weighted by Gasteiger charge is 2.32. The Morgan fingerprint density at radius 1 is 0.645 bits per heavy atom. The molecule has 0 spiro atoms. The number of hydrogen-bond acceptors (Lipinski definition) is 9. The molecule has 0 radical (unpaired) electrons. The van der Waals surface area contributed by atoms with Crippen LogP contribution in [0.3, 0.4) is 0 Å². The van der Waals surface area contributed by atoms with E-state index in [0.29, 0.717) is 5.56 Å². The third kappa shape index (κ3) is 3.39. The van der Waals surface area contributed by atoms with E-state index in [0.717, 1.165) is 12.1 Å². The number of benzene rings is 3. The summed E-state index contributed by atoms with van der Waals surface area (Å²) in [7, 11) is 0. The maximum Gasteiger partial charge on any atom is 0.220 e. The van der Waals surface area contributed by atoms with Crippen molar-refractivity contribution in [3.8, 4) is 69.0 Å². The van der Waals surface area contributed by atoms with E-state index in [9.17, 15) is 30.6 Å². The summed E-state index contributed by atoms with van der Waals surface area (Å²) < 4.78 is 16.8. The Morgan fingerprint density at radius 2 is 1.26 bits per heavy atom. The highest BCUT2D eigenvalue weighted by molar-refractivity contribution is 5.72. The third-order valence-corrected chi connectivity index (χ3v) is 4.63. The maximum atomic E-state index is 10.4. The van der Waals surface area contributed by atoms with Crippen LogP contribution in [0.15, 0.2) is 30.3 Å². The SMILES string of the molecule is CC(C)(C)c1c(O)cc(Oc2c(O)cc(O)c3c2Oc2c(O)cc(O)cc2O3)cc1O. The van der Waals surface area contributed by atoms with Crippen molar-refractivity contribution in [2.45, 2.75) is 26.2 Å². The zero-order valence-corrected chi connectivity index (χ0v) is 16.8. The lowest BCUT2D eigenvalue weighted by atomic mass is 9.85. The predicted molar refractivity (Wildman–Crippen MR) is 108 cm³/mol. The topological polar surface area (TPSA) is 149 Å². The fraction of sp³-hybridized carbons (Fsp3) is 0.182. The number of rotatable bonds is 2. The van der Waals surface area contributed by atoms with Crippen molar-refractivity contribution in [2.75, 3.05) is 0 Å². The molecular weight excluding hydrogens is 408 g/mol. The molecule has 3 aromatic carbocycles. The minimum atomic E-state index is -0.545. The van der Waals surface area contributed by atoms with Gasteiger partial charge in [0.15, 0.2) is 23.0 Å². The molecule has 1 heterocycles. The molecule has 4 rings (SSSR count). The van der Waals surface area contributed by atoms with Gasteiger partial charge in [-0.3, -0.25) is 0 Å². The maximum absolute atomic E-state index is 10.4. The zero-order valence-electron chi connectivity index (χ0n) is 16.8. The molecule has 0 aromatic heterocycles. The second-order valence-electron chi connectivity index (χ2n) is 8.09. The van der Waals surface area contributed by atoms with Gasteiger partial charge in [-0.2, -0.15) is 0 Å². The summed E-state index contributed by atoms with van der Waals surface area (Å²) in [4.78, 5) is 0. The van der Waals surface area contributed by atoms with E-state index < -0.39 is 22.7 Å². The average molecular weight is 428 g/mol.